The summed E-state index contributed by atoms with van der Waals surface area (Å²) in [5.41, 5.74) is 0.981. The van der Waals surface area contributed by atoms with E-state index in [9.17, 15) is 9.59 Å². The van der Waals surface area contributed by atoms with Gasteiger partial charge >= 0.3 is 0 Å². The number of nitrogens with zero attached hydrogens (tertiary/aromatic N) is 1. The second kappa shape index (κ2) is 10.7. The number of amides is 2. The van der Waals surface area contributed by atoms with E-state index in [1.807, 2.05) is 0 Å². The van der Waals surface area contributed by atoms with Gasteiger partial charge < -0.3 is 19.2 Å². The number of furan rings is 1. The molecule has 8 heteroatoms. The first-order valence-corrected chi connectivity index (χ1v) is 11.5. The number of methoxy groups -OCH3 is 2. The summed E-state index contributed by atoms with van der Waals surface area (Å²) in [5, 5.41) is 3.66. The van der Waals surface area contributed by atoms with Crippen LogP contribution in [0.25, 0.3) is 0 Å². The van der Waals surface area contributed by atoms with Crippen molar-refractivity contribution in [1.29, 1.82) is 0 Å². The van der Waals surface area contributed by atoms with Crippen LogP contribution in [0, 0.1) is 0 Å². The van der Waals surface area contributed by atoms with E-state index < -0.39 is 11.9 Å². The van der Waals surface area contributed by atoms with Gasteiger partial charge in [-0.15, -0.1) is 0 Å². The van der Waals surface area contributed by atoms with Crippen LogP contribution in [-0.2, 0) is 4.79 Å². The number of anilines is 1. The zero-order chi connectivity index (χ0) is 24.1. The summed E-state index contributed by atoms with van der Waals surface area (Å²) in [6, 6.07) is 14.2. The minimum atomic E-state index is -1.05. The van der Waals surface area contributed by atoms with Crippen LogP contribution in [0.1, 0.15) is 47.8 Å². The molecule has 1 N–H and O–H groups in total. The van der Waals surface area contributed by atoms with E-state index in [1.165, 1.54) is 25.4 Å². The average molecular weight is 483 g/mol. The maximum absolute atomic E-state index is 13.9. The Kier molecular flexibility index (Phi) is 7.43. The number of carbonyl (C=O) groups is 2. The monoisotopic (exact) mass is 482 g/mol. The molecule has 1 unspecified atom stereocenters. The second-order valence-electron chi connectivity index (χ2n) is 8.10. The highest BCUT2D eigenvalue weighted by atomic mass is 35.5. The Morgan fingerprint density at radius 2 is 1.76 bits per heavy atom. The van der Waals surface area contributed by atoms with Gasteiger partial charge in [-0.05, 0) is 55.3 Å². The van der Waals surface area contributed by atoms with E-state index in [1.54, 1.807) is 54.6 Å². The van der Waals surface area contributed by atoms with Crippen molar-refractivity contribution in [1.82, 2.24) is 5.32 Å². The maximum atomic E-state index is 13.9. The molecule has 1 aliphatic carbocycles. The fourth-order valence-electron chi connectivity index (χ4n) is 4.38. The predicted octanol–water partition coefficient (Wildman–Crippen LogP) is 5.40. The summed E-state index contributed by atoms with van der Waals surface area (Å²) < 4.78 is 16.6. The molecule has 2 amide bonds. The predicted molar refractivity (Wildman–Crippen MR) is 130 cm³/mol. The Bertz CT molecular complexity index is 1120. The molecule has 1 aromatic heterocycles. The molecule has 178 valence electrons. The summed E-state index contributed by atoms with van der Waals surface area (Å²) in [6.07, 6.45) is 5.35. The number of carbonyl (C=O) groups excluding carboxylic acids is 2. The van der Waals surface area contributed by atoms with Crippen LogP contribution in [0.2, 0.25) is 5.02 Å². The molecule has 1 heterocycles. The SMILES string of the molecule is COc1cccc(C(C(=O)NC2CCCC2)N(C(=O)c2ccco2)c2ccc(Cl)cc2)c1OC. The molecule has 3 aromatic rings. The van der Waals surface area contributed by atoms with Crippen molar-refractivity contribution in [3.05, 3.63) is 77.2 Å². The van der Waals surface area contributed by atoms with Gasteiger partial charge in [0, 0.05) is 22.3 Å². The molecule has 7 nitrogen and oxygen atoms in total. The molecule has 0 spiro atoms. The summed E-state index contributed by atoms with van der Waals surface area (Å²) >= 11 is 6.12. The van der Waals surface area contributed by atoms with Gasteiger partial charge in [0.2, 0.25) is 5.91 Å². The lowest BCUT2D eigenvalue weighted by Crippen LogP contribution is -2.46. The number of halogens is 1. The third kappa shape index (κ3) is 4.89. The first-order valence-electron chi connectivity index (χ1n) is 11.2. The Hall–Kier alpha value is -3.45. The number of hydrogen-bond donors (Lipinski definition) is 1. The standard InChI is InChI=1S/C26H27ClN2O5/c1-32-21-10-5-9-20(24(21)33-2)23(25(30)28-18-7-3-4-8-18)29(19-14-12-17(27)13-15-19)26(31)22-11-6-16-34-22/h5-6,9-16,18,23H,3-4,7-8H2,1-2H3,(H,28,30). The van der Waals surface area contributed by atoms with Gasteiger partial charge in [0.15, 0.2) is 17.3 Å². The lowest BCUT2D eigenvalue weighted by atomic mass is 10.00. The second-order valence-corrected chi connectivity index (χ2v) is 8.54. The Morgan fingerprint density at radius 1 is 1.03 bits per heavy atom. The van der Waals surface area contributed by atoms with Gasteiger partial charge in [-0.1, -0.05) is 36.6 Å². The number of ether oxygens (including phenoxy) is 2. The highest BCUT2D eigenvalue weighted by Gasteiger charge is 2.38. The van der Waals surface area contributed by atoms with Crippen LogP contribution in [0.15, 0.2) is 65.3 Å². The zero-order valence-corrected chi connectivity index (χ0v) is 19.9. The van der Waals surface area contributed by atoms with Crippen LogP contribution in [0.5, 0.6) is 11.5 Å². The van der Waals surface area contributed by atoms with Gasteiger partial charge in [0.05, 0.1) is 20.5 Å². The van der Waals surface area contributed by atoms with Crippen molar-refractivity contribution in [2.75, 3.05) is 19.1 Å². The van der Waals surface area contributed by atoms with Gasteiger partial charge in [0.1, 0.15) is 6.04 Å². The molecule has 1 aliphatic rings. The maximum Gasteiger partial charge on any atom is 0.294 e. The van der Waals surface area contributed by atoms with Crippen molar-refractivity contribution in [3.8, 4) is 11.5 Å². The summed E-state index contributed by atoms with van der Waals surface area (Å²) in [7, 11) is 3.04. The summed E-state index contributed by atoms with van der Waals surface area (Å²) in [4.78, 5) is 29.0. The Morgan fingerprint density at radius 3 is 2.38 bits per heavy atom. The molecule has 0 saturated heterocycles. The number of hydrogen-bond acceptors (Lipinski definition) is 5. The van der Waals surface area contributed by atoms with Crippen molar-refractivity contribution in [2.45, 2.75) is 37.8 Å². The first-order chi connectivity index (χ1) is 16.5. The van der Waals surface area contributed by atoms with Gasteiger partial charge in [-0.3, -0.25) is 14.5 Å². The molecular weight excluding hydrogens is 456 g/mol. The largest absolute Gasteiger partial charge is 0.493 e. The number of para-hydroxylation sites is 1. The molecule has 1 fully saturated rings. The molecule has 0 aliphatic heterocycles. The molecular formula is C26H27ClN2O5. The molecule has 1 atom stereocenters. The quantitative estimate of drug-likeness (QED) is 0.465. The fraction of sp³-hybridized carbons (Fsp3) is 0.308. The van der Waals surface area contributed by atoms with Crippen LogP contribution >= 0.6 is 11.6 Å². The molecule has 1 saturated carbocycles. The molecule has 0 radical (unpaired) electrons. The fourth-order valence-corrected chi connectivity index (χ4v) is 4.51. The van der Waals surface area contributed by atoms with Gasteiger partial charge in [-0.2, -0.15) is 0 Å². The molecule has 34 heavy (non-hydrogen) atoms. The van der Waals surface area contributed by atoms with E-state index in [0.29, 0.717) is 27.8 Å². The minimum absolute atomic E-state index is 0.0531. The topological polar surface area (TPSA) is 81.0 Å². The van der Waals surface area contributed by atoms with Gasteiger partial charge in [0.25, 0.3) is 5.91 Å². The van der Waals surface area contributed by atoms with Crippen LogP contribution in [0.4, 0.5) is 5.69 Å². The van der Waals surface area contributed by atoms with Crippen molar-refractivity contribution >= 4 is 29.1 Å². The normalized spacial score (nSPS) is 14.4. The average Bonchev–Trinajstić information content (AvgIpc) is 3.57. The Balaban J connectivity index is 1.88. The molecule has 4 rings (SSSR count). The molecule has 0 bridgehead atoms. The van der Waals surface area contributed by atoms with Crippen molar-refractivity contribution < 1.29 is 23.5 Å². The lowest BCUT2D eigenvalue weighted by Gasteiger charge is -2.32. The number of nitrogens with one attached hydrogen (secondary N) is 1. The highest BCUT2D eigenvalue weighted by Crippen LogP contribution is 2.40. The summed E-state index contributed by atoms with van der Waals surface area (Å²) in [6.45, 7) is 0. The van der Waals surface area contributed by atoms with E-state index >= 15 is 0 Å². The lowest BCUT2D eigenvalue weighted by molar-refractivity contribution is -0.123. The van der Waals surface area contributed by atoms with Crippen LogP contribution in [-0.4, -0.2) is 32.1 Å². The van der Waals surface area contributed by atoms with Crippen molar-refractivity contribution in [3.63, 3.8) is 0 Å². The highest BCUT2D eigenvalue weighted by molar-refractivity contribution is 6.30. The van der Waals surface area contributed by atoms with E-state index in [4.69, 9.17) is 25.5 Å². The third-order valence-electron chi connectivity index (χ3n) is 5.99. The zero-order valence-electron chi connectivity index (χ0n) is 19.1. The summed E-state index contributed by atoms with van der Waals surface area (Å²) in [5.74, 6) is 0.163. The van der Waals surface area contributed by atoms with Crippen LogP contribution in [0.3, 0.4) is 0 Å². The molecule has 2 aromatic carbocycles. The first kappa shape index (κ1) is 23.7. The van der Waals surface area contributed by atoms with Crippen molar-refractivity contribution in [2.24, 2.45) is 0 Å². The smallest absolute Gasteiger partial charge is 0.294 e. The number of benzene rings is 2. The van der Waals surface area contributed by atoms with Gasteiger partial charge in [-0.25, -0.2) is 0 Å². The van der Waals surface area contributed by atoms with Crippen LogP contribution < -0.4 is 19.7 Å². The van der Waals surface area contributed by atoms with E-state index in [2.05, 4.69) is 5.32 Å². The number of rotatable bonds is 8. The third-order valence-corrected chi connectivity index (χ3v) is 6.24. The van der Waals surface area contributed by atoms with E-state index in [-0.39, 0.29) is 17.7 Å². The van der Waals surface area contributed by atoms with E-state index in [0.717, 1.165) is 25.7 Å². The Labute approximate surface area is 203 Å². The minimum Gasteiger partial charge on any atom is -0.493 e.